The van der Waals surface area contributed by atoms with Crippen LogP contribution < -0.4 is 0 Å². The molecular weight excluding hydrogens is 410 g/mol. The van der Waals surface area contributed by atoms with Crippen LogP contribution in [0.15, 0.2) is 77.8 Å². The van der Waals surface area contributed by atoms with E-state index in [0.717, 1.165) is 11.1 Å². The van der Waals surface area contributed by atoms with Gasteiger partial charge < -0.3 is 10.2 Å². The molecule has 0 saturated carbocycles. The number of carboxylic acids is 1. The van der Waals surface area contributed by atoms with Crippen molar-refractivity contribution in [3.8, 4) is 5.75 Å². The van der Waals surface area contributed by atoms with Crippen LogP contribution in [0.4, 0.5) is 0 Å². The zero-order valence-corrected chi connectivity index (χ0v) is 20.3. The fourth-order valence-corrected chi connectivity index (χ4v) is 3.90. The molecule has 0 aliphatic rings. The number of aliphatic imine (C=N–C) groups is 1. The van der Waals surface area contributed by atoms with Crippen LogP contribution in [0.25, 0.3) is 0 Å². The highest BCUT2D eigenvalue weighted by atomic mass is 16.4. The number of aromatic hydroxyl groups is 1. The summed E-state index contributed by atoms with van der Waals surface area (Å²) in [5.74, 6) is -0.960. The number of hydrogen-bond donors (Lipinski definition) is 2. The van der Waals surface area contributed by atoms with E-state index in [-0.39, 0.29) is 16.6 Å². The largest absolute Gasteiger partial charge is 0.507 e. The summed E-state index contributed by atoms with van der Waals surface area (Å²) in [6.07, 6.45) is 1.51. The van der Waals surface area contributed by atoms with E-state index in [0.29, 0.717) is 16.7 Å². The Morgan fingerprint density at radius 2 is 1.24 bits per heavy atom. The standard InChI is InChI=1S/C29H33NO3/c1-27(2,3)23-17-20(25(31)24(18-23)28(4,5)6)19-30-29(26(32)33,21-13-9-7-10-14-21)22-15-11-8-12-16-22/h7-19,31H,1-6H3,(H,32,33). The molecule has 0 saturated heterocycles. The van der Waals surface area contributed by atoms with Crippen molar-refractivity contribution in [2.75, 3.05) is 0 Å². The lowest BCUT2D eigenvalue weighted by Crippen LogP contribution is -2.35. The number of carbonyl (C=O) groups is 1. The lowest BCUT2D eigenvalue weighted by atomic mass is 9.79. The third-order valence-electron chi connectivity index (χ3n) is 5.90. The molecule has 0 radical (unpaired) electrons. The Balaban J connectivity index is 2.30. The number of carboxylic acid groups (broad SMARTS) is 1. The molecule has 0 heterocycles. The molecule has 0 aliphatic carbocycles. The van der Waals surface area contributed by atoms with E-state index < -0.39 is 11.5 Å². The van der Waals surface area contributed by atoms with Gasteiger partial charge in [0.05, 0.1) is 0 Å². The minimum Gasteiger partial charge on any atom is -0.507 e. The van der Waals surface area contributed by atoms with Crippen LogP contribution in [-0.2, 0) is 21.2 Å². The lowest BCUT2D eigenvalue weighted by molar-refractivity contribution is -0.141. The van der Waals surface area contributed by atoms with Gasteiger partial charge in [0, 0.05) is 17.3 Å². The molecule has 4 nitrogen and oxygen atoms in total. The van der Waals surface area contributed by atoms with Crippen LogP contribution in [0.5, 0.6) is 5.75 Å². The van der Waals surface area contributed by atoms with Gasteiger partial charge in [-0.25, -0.2) is 4.79 Å². The molecule has 4 heteroatoms. The molecule has 3 aromatic rings. The molecule has 3 rings (SSSR count). The smallest absolute Gasteiger partial charge is 0.340 e. The van der Waals surface area contributed by atoms with Gasteiger partial charge in [-0.2, -0.15) is 0 Å². The van der Waals surface area contributed by atoms with Gasteiger partial charge in [-0.15, -0.1) is 0 Å². The number of nitrogens with zero attached hydrogens (tertiary/aromatic N) is 1. The van der Waals surface area contributed by atoms with Crippen molar-refractivity contribution in [1.29, 1.82) is 0 Å². The van der Waals surface area contributed by atoms with E-state index in [2.05, 4.69) is 25.8 Å². The first-order chi connectivity index (χ1) is 15.4. The van der Waals surface area contributed by atoms with Gasteiger partial charge in [-0.05, 0) is 33.6 Å². The zero-order chi connectivity index (χ0) is 24.4. The van der Waals surface area contributed by atoms with Crippen molar-refractivity contribution >= 4 is 12.2 Å². The summed E-state index contributed by atoms with van der Waals surface area (Å²) in [6.45, 7) is 12.5. The molecule has 0 unspecified atom stereocenters. The molecule has 33 heavy (non-hydrogen) atoms. The first-order valence-electron chi connectivity index (χ1n) is 11.1. The molecule has 0 aliphatic heterocycles. The van der Waals surface area contributed by atoms with E-state index in [1.165, 1.54) is 6.21 Å². The Labute approximate surface area is 196 Å². The highest BCUT2D eigenvalue weighted by Crippen LogP contribution is 2.39. The predicted octanol–water partition coefficient (Wildman–Crippen LogP) is 6.43. The third kappa shape index (κ3) is 4.85. The van der Waals surface area contributed by atoms with E-state index >= 15 is 0 Å². The molecule has 172 valence electrons. The third-order valence-corrected chi connectivity index (χ3v) is 5.90. The molecule has 0 fully saturated rings. The van der Waals surface area contributed by atoms with Crippen LogP contribution in [0.3, 0.4) is 0 Å². The zero-order valence-electron chi connectivity index (χ0n) is 20.3. The molecule has 0 amide bonds. The summed E-state index contributed by atoms with van der Waals surface area (Å²) in [5.41, 5.74) is 1.35. The average molecular weight is 444 g/mol. The summed E-state index contributed by atoms with van der Waals surface area (Å²) in [4.78, 5) is 17.5. The number of phenolic OH excluding ortho intramolecular Hbond substituents is 1. The van der Waals surface area contributed by atoms with Gasteiger partial charge in [0.15, 0.2) is 0 Å². The van der Waals surface area contributed by atoms with Crippen molar-refractivity contribution in [1.82, 2.24) is 0 Å². The Hall–Kier alpha value is -3.40. The maximum Gasteiger partial charge on any atom is 0.340 e. The van der Waals surface area contributed by atoms with Crippen LogP contribution in [0.2, 0.25) is 0 Å². The summed E-state index contributed by atoms with van der Waals surface area (Å²) in [6, 6.07) is 21.9. The Morgan fingerprint density at radius 1 is 0.758 bits per heavy atom. The van der Waals surface area contributed by atoms with Crippen molar-refractivity contribution in [2.45, 2.75) is 57.9 Å². The van der Waals surface area contributed by atoms with Gasteiger partial charge in [0.25, 0.3) is 0 Å². The average Bonchev–Trinajstić information content (AvgIpc) is 2.75. The topological polar surface area (TPSA) is 69.9 Å². The van der Waals surface area contributed by atoms with Crippen molar-refractivity contribution in [3.63, 3.8) is 0 Å². The highest BCUT2D eigenvalue weighted by molar-refractivity contribution is 5.92. The number of rotatable bonds is 5. The normalized spacial score (nSPS) is 12.8. The van der Waals surface area contributed by atoms with E-state index in [9.17, 15) is 15.0 Å². The molecule has 3 aromatic carbocycles. The highest BCUT2D eigenvalue weighted by Gasteiger charge is 2.42. The second-order valence-corrected chi connectivity index (χ2v) is 10.5. The minimum absolute atomic E-state index is 0.125. The summed E-state index contributed by atoms with van der Waals surface area (Å²) >= 11 is 0. The van der Waals surface area contributed by atoms with Gasteiger partial charge in [0.1, 0.15) is 5.75 Å². The SMILES string of the molecule is CC(C)(C)c1cc(C=NC(C(=O)O)(c2ccccc2)c2ccccc2)c(O)c(C(C)(C)C)c1. The van der Waals surface area contributed by atoms with Gasteiger partial charge in [0.2, 0.25) is 5.54 Å². The Bertz CT molecular complexity index is 1110. The number of benzene rings is 3. The second kappa shape index (κ2) is 8.86. The van der Waals surface area contributed by atoms with Crippen molar-refractivity contribution < 1.29 is 15.0 Å². The molecular formula is C29H33NO3. The molecule has 0 atom stereocenters. The number of phenols is 1. The molecule has 2 N–H and O–H groups in total. The maximum absolute atomic E-state index is 12.8. The summed E-state index contributed by atoms with van der Waals surface area (Å²) < 4.78 is 0. The van der Waals surface area contributed by atoms with Crippen LogP contribution in [-0.4, -0.2) is 22.4 Å². The molecule has 0 bridgehead atoms. The monoisotopic (exact) mass is 443 g/mol. The van der Waals surface area contributed by atoms with Crippen LogP contribution >= 0.6 is 0 Å². The first-order valence-corrected chi connectivity index (χ1v) is 11.1. The fourth-order valence-electron chi connectivity index (χ4n) is 3.90. The molecule has 0 aromatic heterocycles. The van der Waals surface area contributed by atoms with Gasteiger partial charge in [-0.3, -0.25) is 4.99 Å². The molecule has 0 spiro atoms. The second-order valence-electron chi connectivity index (χ2n) is 10.5. The Morgan fingerprint density at radius 3 is 1.64 bits per heavy atom. The predicted molar refractivity (Wildman–Crippen MR) is 134 cm³/mol. The van der Waals surface area contributed by atoms with Gasteiger partial charge in [-0.1, -0.05) is 108 Å². The number of hydrogen-bond acceptors (Lipinski definition) is 3. The summed E-state index contributed by atoms with van der Waals surface area (Å²) in [5, 5.41) is 21.6. The van der Waals surface area contributed by atoms with Gasteiger partial charge >= 0.3 is 5.97 Å². The Kier molecular flexibility index (Phi) is 6.51. The van der Waals surface area contributed by atoms with E-state index in [1.807, 2.05) is 45.0 Å². The first kappa shape index (κ1) is 24.2. The summed E-state index contributed by atoms with van der Waals surface area (Å²) in [7, 11) is 0. The number of aliphatic carboxylic acids is 1. The van der Waals surface area contributed by atoms with Crippen molar-refractivity contribution in [3.05, 3.63) is 101 Å². The fraction of sp³-hybridized carbons (Fsp3) is 0.310. The van der Waals surface area contributed by atoms with E-state index in [4.69, 9.17) is 0 Å². The van der Waals surface area contributed by atoms with Crippen molar-refractivity contribution in [2.24, 2.45) is 4.99 Å². The lowest BCUT2D eigenvalue weighted by Gasteiger charge is -2.28. The van der Waals surface area contributed by atoms with Crippen LogP contribution in [0.1, 0.15) is 69.4 Å². The minimum atomic E-state index is -1.64. The van der Waals surface area contributed by atoms with Crippen LogP contribution in [0, 0.1) is 0 Å². The maximum atomic E-state index is 12.8. The van der Waals surface area contributed by atoms with E-state index in [1.54, 1.807) is 48.5 Å². The quantitative estimate of drug-likeness (QED) is 0.446.